The number of pyridine rings is 1. The van der Waals surface area contributed by atoms with E-state index in [1.165, 1.54) is 23.1 Å². The van der Waals surface area contributed by atoms with E-state index in [0.29, 0.717) is 34.8 Å². The topological polar surface area (TPSA) is 154 Å². The summed E-state index contributed by atoms with van der Waals surface area (Å²) in [5, 5.41) is 3.20. The SMILES string of the molecule is CCCCCOC(=O)/N=C(\N)c1cc(NCc2nc3cc(C(=O)N(CCC(=O)OCC)c4ccccn4)ccc3n2C)ccc1F. The lowest BCUT2D eigenvalue weighted by atomic mass is 10.1. The van der Waals surface area contributed by atoms with Gasteiger partial charge in [-0.15, -0.1) is 0 Å². The molecule has 2 amide bonds. The second kappa shape index (κ2) is 16.1. The summed E-state index contributed by atoms with van der Waals surface area (Å²) in [5.41, 5.74) is 8.17. The molecule has 0 bridgehead atoms. The maximum atomic E-state index is 14.6. The lowest BCUT2D eigenvalue weighted by Gasteiger charge is -2.21. The predicted octanol–water partition coefficient (Wildman–Crippen LogP) is 5.35. The molecule has 0 aliphatic rings. The van der Waals surface area contributed by atoms with Gasteiger partial charge in [0.25, 0.3) is 5.91 Å². The standard InChI is InChI=1S/C33H38FN7O5/c1-4-6-9-18-46-33(44)39-31(35)24-20-23(12-13-25(24)34)37-21-29-38-26-19-22(11-14-27(26)40(29)3)32(43)41(17-15-30(42)45-5-2)28-10-7-8-16-36-28/h7-8,10-14,16,19-20,37H,4-6,9,15,17-18,21H2,1-3H3,(H2,35,39,44). The van der Waals surface area contributed by atoms with Crippen LogP contribution < -0.4 is 16.0 Å². The summed E-state index contributed by atoms with van der Waals surface area (Å²) in [4.78, 5) is 51.8. The average molecular weight is 632 g/mol. The summed E-state index contributed by atoms with van der Waals surface area (Å²) >= 11 is 0. The number of imidazole rings is 1. The molecule has 2 heterocycles. The van der Waals surface area contributed by atoms with Crippen LogP contribution in [-0.4, -0.2) is 58.1 Å². The number of esters is 1. The molecular formula is C33H38FN7O5. The van der Waals surface area contributed by atoms with Crippen molar-refractivity contribution in [3.63, 3.8) is 0 Å². The molecule has 46 heavy (non-hydrogen) atoms. The normalized spacial score (nSPS) is 11.3. The van der Waals surface area contributed by atoms with Crippen molar-refractivity contribution in [1.29, 1.82) is 0 Å². The minimum absolute atomic E-state index is 0.0174. The number of halogens is 1. The summed E-state index contributed by atoms with van der Waals surface area (Å²) in [7, 11) is 1.85. The first kappa shape index (κ1) is 33.6. The summed E-state index contributed by atoms with van der Waals surface area (Å²) in [6.45, 7) is 4.59. The number of hydrogen-bond acceptors (Lipinski definition) is 8. The van der Waals surface area contributed by atoms with E-state index in [9.17, 15) is 18.8 Å². The third kappa shape index (κ3) is 8.65. The third-order valence-corrected chi connectivity index (χ3v) is 7.11. The van der Waals surface area contributed by atoms with Crippen LogP contribution >= 0.6 is 0 Å². The predicted molar refractivity (Wildman–Crippen MR) is 173 cm³/mol. The highest BCUT2D eigenvalue weighted by molar-refractivity contribution is 6.07. The van der Waals surface area contributed by atoms with Crippen molar-refractivity contribution in [3.8, 4) is 0 Å². The van der Waals surface area contributed by atoms with Gasteiger partial charge in [-0.05, 0) is 61.9 Å². The lowest BCUT2D eigenvalue weighted by molar-refractivity contribution is -0.142. The number of aromatic nitrogens is 3. The summed E-state index contributed by atoms with van der Waals surface area (Å²) in [5.74, 6) is -0.603. The summed E-state index contributed by atoms with van der Waals surface area (Å²) in [6, 6.07) is 14.6. The van der Waals surface area contributed by atoms with Crippen LogP contribution in [0.4, 0.5) is 20.7 Å². The van der Waals surface area contributed by atoms with Crippen molar-refractivity contribution in [2.45, 2.75) is 46.1 Å². The lowest BCUT2D eigenvalue weighted by Crippen LogP contribution is -2.34. The third-order valence-electron chi connectivity index (χ3n) is 7.11. The van der Waals surface area contributed by atoms with Gasteiger partial charge < -0.3 is 25.1 Å². The van der Waals surface area contributed by atoms with E-state index in [1.54, 1.807) is 49.5 Å². The first-order valence-corrected chi connectivity index (χ1v) is 15.1. The van der Waals surface area contributed by atoms with E-state index in [0.717, 1.165) is 18.4 Å². The zero-order valence-corrected chi connectivity index (χ0v) is 26.2. The first-order valence-electron chi connectivity index (χ1n) is 15.1. The van der Waals surface area contributed by atoms with Crippen LogP contribution in [0.25, 0.3) is 11.0 Å². The maximum Gasteiger partial charge on any atom is 0.435 e. The maximum absolute atomic E-state index is 14.6. The molecule has 242 valence electrons. The van der Waals surface area contributed by atoms with Crippen LogP contribution in [-0.2, 0) is 27.9 Å². The van der Waals surface area contributed by atoms with Crippen molar-refractivity contribution in [2.75, 3.05) is 30.0 Å². The zero-order valence-electron chi connectivity index (χ0n) is 26.2. The Labute approximate surface area is 266 Å². The van der Waals surface area contributed by atoms with Crippen LogP contribution in [0.15, 0.2) is 65.8 Å². The minimum Gasteiger partial charge on any atom is -0.466 e. The van der Waals surface area contributed by atoms with Gasteiger partial charge in [-0.3, -0.25) is 14.5 Å². The number of aryl methyl sites for hydroxylation is 1. The summed E-state index contributed by atoms with van der Waals surface area (Å²) < 4.78 is 26.5. The number of carbonyl (C=O) groups excluding carboxylic acids is 3. The van der Waals surface area contributed by atoms with Crippen LogP contribution in [0.3, 0.4) is 0 Å². The largest absolute Gasteiger partial charge is 0.466 e. The van der Waals surface area contributed by atoms with Gasteiger partial charge in [0, 0.05) is 31.0 Å². The second-order valence-electron chi connectivity index (χ2n) is 10.4. The molecule has 0 saturated carbocycles. The molecule has 0 aliphatic heterocycles. The Bertz CT molecular complexity index is 1710. The van der Waals surface area contributed by atoms with Gasteiger partial charge in [0.15, 0.2) is 0 Å². The van der Waals surface area contributed by atoms with Gasteiger partial charge in [-0.1, -0.05) is 25.8 Å². The average Bonchev–Trinajstić information content (AvgIpc) is 3.37. The fourth-order valence-electron chi connectivity index (χ4n) is 4.68. The molecule has 4 aromatic rings. The van der Waals surface area contributed by atoms with Gasteiger partial charge in [0.2, 0.25) is 0 Å². The van der Waals surface area contributed by atoms with Gasteiger partial charge in [0.05, 0.1) is 42.8 Å². The van der Waals surface area contributed by atoms with Crippen molar-refractivity contribution < 1.29 is 28.2 Å². The Balaban J connectivity index is 1.49. The number of ether oxygens (including phenoxy) is 2. The molecule has 12 nitrogen and oxygen atoms in total. The van der Waals surface area contributed by atoms with Gasteiger partial charge in [0.1, 0.15) is 23.3 Å². The minimum atomic E-state index is -0.869. The number of carbonyl (C=O) groups is 3. The molecule has 0 radical (unpaired) electrons. The Hall–Kier alpha value is -5.33. The van der Waals surface area contributed by atoms with Crippen molar-refractivity contribution in [2.24, 2.45) is 17.8 Å². The number of rotatable bonds is 14. The van der Waals surface area contributed by atoms with E-state index >= 15 is 0 Å². The zero-order chi connectivity index (χ0) is 33.1. The molecule has 2 aromatic carbocycles. The van der Waals surface area contributed by atoms with Crippen molar-refractivity contribution in [1.82, 2.24) is 14.5 Å². The van der Waals surface area contributed by atoms with E-state index < -0.39 is 17.9 Å². The molecular weight excluding hydrogens is 593 g/mol. The number of benzene rings is 2. The Morgan fingerprint density at radius 2 is 1.89 bits per heavy atom. The van der Waals surface area contributed by atoms with E-state index in [4.69, 9.17) is 20.2 Å². The number of aliphatic imine (C=N–C) groups is 1. The van der Waals surface area contributed by atoms with Gasteiger partial charge in [-0.25, -0.2) is 19.2 Å². The fraction of sp³-hybridized carbons (Fsp3) is 0.333. The van der Waals surface area contributed by atoms with Crippen molar-refractivity contribution >= 4 is 46.3 Å². The number of amides is 2. The molecule has 2 aromatic heterocycles. The Kier molecular flexibility index (Phi) is 11.8. The highest BCUT2D eigenvalue weighted by Crippen LogP contribution is 2.22. The number of anilines is 2. The number of nitrogens with two attached hydrogens (primary N) is 1. The molecule has 0 atom stereocenters. The number of nitrogens with one attached hydrogen (secondary N) is 1. The van der Waals surface area contributed by atoms with Crippen LogP contribution in [0, 0.1) is 5.82 Å². The first-order chi connectivity index (χ1) is 22.2. The van der Waals surface area contributed by atoms with Gasteiger partial charge in [-0.2, -0.15) is 4.99 Å². The second-order valence-corrected chi connectivity index (χ2v) is 10.4. The quantitative estimate of drug-likeness (QED) is 0.0811. The monoisotopic (exact) mass is 631 g/mol. The van der Waals surface area contributed by atoms with E-state index in [1.807, 2.05) is 18.5 Å². The number of hydrogen-bond donors (Lipinski definition) is 2. The van der Waals surface area contributed by atoms with E-state index in [2.05, 4.69) is 15.3 Å². The molecule has 0 unspecified atom stereocenters. The summed E-state index contributed by atoms with van der Waals surface area (Å²) in [6.07, 6.45) is 3.34. The van der Waals surface area contributed by atoms with E-state index in [-0.39, 0.29) is 50.0 Å². The van der Waals surface area contributed by atoms with Crippen molar-refractivity contribution in [3.05, 3.63) is 83.6 Å². The number of unbranched alkanes of at least 4 members (excludes halogenated alkanes) is 2. The molecule has 4 rings (SSSR count). The Morgan fingerprint density at radius 1 is 1.07 bits per heavy atom. The van der Waals surface area contributed by atoms with Gasteiger partial charge >= 0.3 is 12.1 Å². The molecule has 0 aliphatic carbocycles. The van der Waals surface area contributed by atoms with Crippen LogP contribution in [0.1, 0.15) is 61.3 Å². The Morgan fingerprint density at radius 3 is 2.63 bits per heavy atom. The molecule has 0 spiro atoms. The highest BCUT2D eigenvalue weighted by atomic mass is 19.1. The fourth-order valence-corrected chi connectivity index (χ4v) is 4.68. The molecule has 3 N–H and O–H groups in total. The van der Waals surface area contributed by atoms with Crippen LogP contribution in [0.5, 0.6) is 0 Å². The molecule has 13 heteroatoms. The number of fused-ring (bicyclic) bond motifs is 1. The number of nitrogens with zero attached hydrogens (tertiary/aromatic N) is 5. The molecule has 0 fully saturated rings. The van der Waals surface area contributed by atoms with Crippen LogP contribution in [0.2, 0.25) is 0 Å². The highest BCUT2D eigenvalue weighted by Gasteiger charge is 2.21. The smallest absolute Gasteiger partial charge is 0.435 e. The molecule has 0 saturated heterocycles. The number of amidine groups is 1.